The van der Waals surface area contributed by atoms with E-state index in [0.717, 1.165) is 0 Å². The van der Waals surface area contributed by atoms with Crippen LogP contribution in [0.1, 0.15) is 48.0 Å². The number of hydrogen-bond acceptors (Lipinski definition) is 3. The van der Waals surface area contributed by atoms with Gasteiger partial charge in [-0.3, -0.25) is 0 Å². The third-order valence-electron chi connectivity index (χ3n) is 5.98. The zero-order valence-corrected chi connectivity index (χ0v) is 15.5. The second kappa shape index (κ2) is 5.67. The van der Waals surface area contributed by atoms with Crippen LogP contribution < -0.4 is 0 Å². The van der Waals surface area contributed by atoms with Crippen LogP contribution in [0.5, 0.6) is 0 Å². The van der Waals surface area contributed by atoms with E-state index in [2.05, 4.69) is 9.47 Å². The summed E-state index contributed by atoms with van der Waals surface area (Å²) in [5, 5.41) is 0. The second-order valence-corrected chi connectivity index (χ2v) is 8.60. The second-order valence-electron chi connectivity index (χ2n) is 8.60. The van der Waals surface area contributed by atoms with Crippen molar-refractivity contribution in [3.8, 4) is 0 Å². The van der Waals surface area contributed by atoms with Crippen molar-refractivity contribution in [2.24, 2.45) is 23.7 Å². The van der Waals surface area contributed by atoms with Crippen LogP contribution in [0.3, 0.4) is 0 Å². The molecular formula is C17H24F6O3. The first-order valence-electron chi connectivity index (χ1n) is 8.45. The Balaban J connectivity index is 2.52. The van der Waals surface area contributed by atoms with Crippen LogP contribution in [0.15, 0.2) is 0 Å². The lowest BCUT2D eigenvalue weighted by Gasteiger charge is -2.51. The molecule has 2 saturated carbocycles. The van der Waals surface area contributed by atoms with Gasteiger partial charge in [-0.15, -0.1) is 0 Å². The van der Waals surface area contributed by atoms with Crippen LogP contribution in [0, 0.1) is 23.7 Å². The molecule has 2 bridgehead atoms. The van der Waals surface area contributed by atoms with Gasteiger partial charge in [0.2, 0.25) is 11.3 Å². The lowest BCUT2D eigenvalue weighted by Crippen LogP contribution is -2.72. The Morgan fingerprint density at radius 1 is 0.923 bits per heavy atom. The standard InChI is InChI=1S/C17H24F6O3/c1-8-9(2)11-7-10(8)15(18,16(11,19)20)14(6,17(21,22)23)26-12(24)25-13(3,4)5/h8-11H,7H2,1-6H3. The fourth-order valence-electron chi connectivity index (χ4n) is 4.40. The monoisotopic (exact) mass is 390 g/mol. The lowest BCUT2D eigenvalue weighted by atomic mass is 9.64. The maximum atomic E-state index is 15.7. The van der Waals surface area contributed by atoms with E-state index in [4.69, 9.17) is 0 Å². The molecule has 152 valence electrons. The van der Waals surface area contributed by atoms with Crippen LogP contribution in [0.2, 0.25) is 0 Å². The van der Waals surface area contributed by atoms with E-state index < -0.39 is 65.2 Å². The van der Waals surface area contributed by atoms with E-state index in [-0.39, 0.29) is 6.92 Å². The fourth-order valence-corrected chi connectivity index (χ4v) is 4.40. The average molecular weight is 390 g/mol. The topological polar surface area (TPSA) is 35.5 Å². The third kappa shape index (κ3) is 2.68. The first-order valence-corrected chi connectivity index (χ1v) is 8.45. The molecule has 6 unspecified atom stereocenters. The predicted octanol–water partition coefficient (Wildman–Crippen LogP) is 5.52. The highest BCUT2D eigenvalue weighted by Crippen LogP contribution is 2.70. The zero-order chi connectivity index (χ0) is 20.5. The molecule has 0 aromatic heterocycles. The number of hydrogen-bond donors (Lipinski definition) is 0. The summed E-state index contributed by atoms with van der Waals surface area (Å²) in [5.74, 6) is -8.79. The first-order chi connectivity index (χ1) is 11.4. The highest BCUT2D eigenvalue weighted by atomic mass is 19.4. The Morgan fingerprint density at radius 2 is 1.38 bits per heavy atom. The molecule has 0 aromatic rings. The first kappa shape index (κ1) is 21.2. The molecule has 0 amide bonds. The summed E-state index contributed by atoms with van der Waals surface area (Å²) in [5.41, 5.74) is -9.35. The van der Waals surface area contributed by atoms with Gasteiger partial charge in [0.15, 0.2) is 0 Å². The normalized spacial score (nSPS) is 38.8. The maximum absolute atomic E-state index is 15.7. The Morgan fingerprint density at radius 3 is 1.77 bits per heavy atom. The minimum Gasteiger partial charge on any atom is -0.429 e. The van der Waals surface area contributed by atoms with E-state index in [9.17, 15) is 26.7 Å². The summed E-state index contributed by atoms with van der Waals surface area (Å²) in [4.78, 5) is 11.8. The van der Waals surface area contributed by atoms with E-state index >= 15 is 4.39 Å². The van der Waals surface area contributed by atoms with Crippen LogP contribution in [0.4, 0.5) is 31.1 Å². The minimum atomic E-state index is -5.56. The number of halogens is 6. The summed E-state index contributed by atoms with van der Waals surface area (Å²) in [6.07, 6.45) is -7.79. The van der Waals surface area contributed by atoms with Crippen LogP contribution in [-0.2, 0) is 9.47 Å². The van der Waals surface area contributed by atoms with Crippen molar-refractivity contribution in [1.29, 1.82) is 0 Å². The third-order valence-corrected chi connectivity index (χ3v) is 5.98. The van der Waals surface area contributed by atoms with Gasteiger partial charge in [0, 0.05) is 11.8 Å². The molecule has 0 aromatic carbocycles. The number of ether oxygens (including phenoxy) is 2. The molecule has 26 heavy (non-hydrogen) atoms. The van der Waals surface area contributed by atoms with Gasteiger partial charge in [0.05, 0.1) is 0 Å². The molecule has 6 atom stereocenters. The number of alkyl halides is 6. The molecule has 0 saturated heterocycles. The Bertz CT molecular complexity index is 584. The molecule has 0 heterocycles. The van der Waals surface area contributed by atoms with Crippen LogP contribution in [-0.4, -0.2) is 35.1 Å². The van der Waals surface area contributed by atoms with Crippen molar-refractivity contribution in [1.82, 2.24) is 0 Å². The van der Waals surface area contributed by atoms with Gasteiger partial charge in [0.25, 0.3) is 5.92 Å². The number of carbonyl (C=O) groups is 1. The minimum absolute atomic E-state index is 0.170. The summed E-state index contributed by atoms with van der Waals surface area (Å²) in [6.45, 7) is 7.18. The van der Waals surface area contributed by atoms with Crippen molar-refractivity contribution in [3.05, 3.63) is 0 Å². The largest absolute Gasteiger partial charge is 0.509 e. The van der Waals surface area contributed by atoms with Crippen molar-refractivity contribution in [3.63, 3.8) is 0 Å². The molecule has 3 nitrogen and oxygen atoms in total. The molecule has 0 radical (unpaired) electrons. The summed E-state index contributed by atoms with van der Waals surface area (Å²) >= 11 is 0. The smallest absolute Gasteiger partial charge is 0.429 e. The molecule has 2 fully saturated rings. The SMILES string of the molecule is CC1C(C)C2CC1C(F)(F)C2(F)C(C)(OC(=O)OC(C)(C)C)C(F)(F)F. The average Bonchev–Trinajstić information content (AvgIpc) is 2.81. The molecule has 2 rings (SSSR count). The maximum Gasteiger partial charge on any atom is 0.509 e. The van der Waals surface area contributed by atoms with Crippen molar-refractivity contribution in [2.75, 3.05) is 0 Å². The van der Waals surface area contributed by atoms with Gasteiger partial charge < -0.3 is 9.47 Å². The quantitative estimate of drug-likeness (QED) is 0.460. The summed E-state index contributed by atoms with van der Waals surface area (Å²) in [6, 6.07) is 0. The molecular weight excluding hydrogens is 366 g/mol. The van der Waals surface area contributed by atoms with Gasteiger partial charge in [-0.2, -0.15) is 13.2 Å². The number of rotatable bonds is 2. The molecule has 0 aliphatic heterocycles. The van der Waals surface area contributed by atoms with Gasteiger partial charge in [-0.25, -0.2) is 18.0 Å². The molecule has 0 spiro atoms. The highest BCUT2D eigenvalue weighted by molar-refractivity contribution is 5.61. The van der Waals surface area contributed by atoms with Crippen LogP contribution in [0.25, 0.3) is 0 Å². The highest BCUT2D eigenvalue weighted by Gasteiger charge is 2.87. The van der Waals surface area contributed by atoms with Gasteiger partial charge in [0.1, 0.15) is 5.60 Å². The van der Waals surface area contributed by atoms with E-state index in [1.54, 1.807) is 0 Å². The lowest BCUT2D eigenvalue weighted by molar-refractivity contribution is -0.351. The Labute approximate surface area is 148 Å². The van der Waals surface area contributed by atoms with Crippen LogP contribution >= 0.6 is 0 Å². The molecule has 0 N–H and O–H groups in total. The molecule has 9 heteroatoms. The predicted molar refractivity (Wildman–Crippen MR) is 80.5 cm³/mol. The fraction of sp³-hybridized carbons (Fsp3) is 0.941. The zero-order valence-electron chi connectivity index (χ0n) is 15.5. The summed E-state index contributed by atoms with van der Waals surface area (Å²) < 4.78 is 95.7. The van der Waals surface area contributed by atoms with Crippen molar-refractivity contribution in [2.45, 2.75) is 76.9 Å². The van der Waals surface area contributed by atoms with E-state index in [1.165, 1.54) is 34.6 Å². The number of fused-ring (bicyclic) bond motifs is 2. The van der Waals surface area contributed by atoms with Gasteiger partial charge in [-0.05, 0) is 46.0 Å². The van der Waals surface area contributed by atoms with Gasteiger partial charge >= 0.3 is 12.3 Å². The van der Waals surface area contributed by atoms with Gasteiger partial charge in [-0.1, -0.05) is 13.8 Å². The Hall–Kier alpha value is -1.15. The molecule has 2 aliphatic rings. The summed E-state index contributed by atoms with van der Waals surface area (Å²) in [7, 11) is 0. The number of carbonyl (C=O) groups excluding carboxylic acids is 1. The Kier molecular flexibility index (Phi) is 4.62. The molecule has 2 aliphatic carbocycles. The van der Waals surface area contributed by atoms with Crippen molar-refractivity contribution >= 4 is 6.16 Å². The van der Waals surface area contributed by atoms with E-state index in [0.29, 0.717) is 0 Å². The van der Waals surface area contributed by atoms with E-state index in [1.807, 2.05) is 0 Å². The van der Waals surface area contributed by atoms with Crippen molar-refractivity contribution < 1.29 is 40.6 Å².